The van der Waals surface area contributed by atoms with Crippen molar-refractivity contribution in [2.24, 2.45) is 0 Å². The van der Waals surface area contributed by atoms with Crippen molar-refractivity contribution in [3.05, 3.63) is 33.8 Å². The number of methoxy groups -OCH3 is 1. The van der Waals surface area contributed by atoms with Crippen molar-refractivity contribution in [2.45, 2.75) is 38.4 Å². The van der Waals surface area contributed by atoms with Gasteiger partial charge in [0, 0.05) is 32.7 Å². The number of nitrogens with one attached hydrogen (secondary N) is 1. The highest BCUT2D eigenvalue weighted by atomic mass is 35.5. The molecule has 29 heavy (non-hydrogen) atoms. The number of rotatable bonds is 5. The molecule has 0 unspecified atom stereocenters. The summed E-state index contributed by atoms with van der Waals surface area (Å²) in [6.07, 6.45) is -0.768. The number of nitrogens with zero attached hydrogens (tertiary/aromatic N) is 1. The van der Waals surface area contributed by atoms with Gasteiger partial charge < -0.3 is 24.4 Å². The first-order valence-corrected chi connectivity index (χ1v) is 10.2. The predicted molar refractivity (Wildman–Crippen MR) is 112 cm³/mol. The second kappa shape index (κ2) is 10.5. The lowest BCUT2D eigenvalue weighted by atomic mass is 9.92. The van der Waals surface area contributed by atoms with Crippen molar-refractivity contribution in [1.29, 1.82) is 0 Å². The molecule has 9 heteroatoms. The summed E-state index contributed by atoms with van der Waals surface area (Å²) in [7, 11) is 1.46. The average Bonchev–Trinajstić information content (AvgIpc) is 2.84. The molecule has 1 heterocycles. The molecule has 2 amide bonds. The fourth-order valence-corrected chi connectivity index (χ4v) is 3.34. The lowest BCUT2D eigenvalue weighted by Crippen LogP contribution is -2.42. The van der Waals surface area contributed by atoms with Gasteiger partial charge in [0.05, 0.1) is 22.8 Å². The van der Waals surface area contributed by atoms with Gasteiger partial charge in [0.1, 0.15) is 12.2 Å². The molecule has 1 aliphatic heterocycles. The maximum Gasteiger partial charge on any atom is 0.410 e. The topological polar surface area (TPSA) is 77.1 Å². The quantitative estimate of drug-likeness (QED) is 0.748. The van der Waals surface area contributed by atoms with Crippen LogP contribution in [-0.2, 0) is 19.0 Å². The van der Waals surface area contributed by atoms with Gasteiger partial charge in [-0.15, -0.1) is 0 Å². The van der Waals surface area contributed by atoms with Crippen molar-refractivity contribution in [1.82, 2.24) is 10.2 Å². The Kier molecular flexibility index (Phi) is 8.58. The molecule has 1 N–H and O–H groups in total. The Morgan fingerprint density at radius 1 is 1.28 bits per heavy atom. The minimum absolute atomic E-state index is 0.0335. The fourth-order valence-electron chi connectivity index (χ4n) is 3.03. The molecule has 0 aliphatic carbocycles. The van der Waals surface area contributed by atoms with E-state index < -0.39 is 11.7 Å². The zero-order valence-electron chi connectivity index (χ0n) is 17.2. The number of hydrogen-bond donors (Lipinski definition) is 1. The highest BCUT2D eigenvalue weighted by Crippen LogP contribution is 2.31. The largest absolute Gasteiger partial charge is 0.444 e. The van der Waals surface area contributed by atoms with Gasteiger partial charge in [-0.3, -0.25) is 4.79 Å². The number of hydrogen-bond acceptors (Lipinski definition) is 5. The van der Waals surface area contributed by atoms with E-state index in [-0.39, 0.29) is 31.1 Å². The third-order valence-corrected chi connectivity index (χ3v) is 5.10. The molecular formula is C20H28Cl2N2O5. The van der Waals surface area contributed by atoms with Crippen LogP contribution in [0, 0.1) is 0 Å². The molecule has 1 aromatic rings. The second-order valence-electron chi connectivity index (χ2n) is 7.85. The first-order valence-electron chi connectivity index (χ1n) is 9.41. The predicted octanol–water partition coefficient (Wildman–Crippen LogP) is 3.48. The maximum atomic E-state index is 12.6. The van der Waals surface area contributed by atoms with Gasteiger partial charge in [-0.25, -0.2) is 4.79 Å². The van der Waals surface area contributed by atoms with Gasteiger partial charge >= 0.3 is 6.09 Å². The van der Waals surface area contributed by atoms with E-state index >= 15 is 0 Å². The summed E-state index contributed by atoms with van der Waals surface area (Å²) in [6.45, 7) is 6.77. The van der Waals surface area contributed by atoms with E-state index in [0.29, 0.717) is 29.7 Å². The molecule has 0 radical (unpaired) electrons. The van der Waals surface area contributed by atoms with Crippen LogP contribution in [0.2, 0.25) is 10.0 Å². The Hall–Kier alpha value is -1.54. The lowest BCUT2D eigenvalue weighted by Gasteiger charge is -2.30. The first kappa shape index (κ1) is 23.7. The highest BCUT2D eigenvalue weighted by Gasteiger charge is 2.33. The number of amides is 2. The Bertz CT molecular complexity index is 723. The number of halogens is 2. The Morgan fingerprint density at radius 3 is 2.62 bits per heavy atom. The van der Waals surface area contributed by atoms with Crippen LogP contribution in [0.3, 0.4) is 0 Å². The third kappa shape index (κ3) is 7.33. The Balaban J connectivity index is 2.24. The SMILES string of the molecule is COCC(=O)NC[C@H]1OCCN(C(=O)OC(C)(C)C)C[C@H]1c1ccc(Cl)c(Cl)c1. The summed E-state index contributed by atoms with van der Waals surface area (Å²) in [6, 6.07) is 5.33. The fraction of sp³-hybridized carbons (Fsp3) is 0.600. The molecule has 162 valence electrons. The van der Waals surface area contributed by atoms with Gasteiger partial charge in [-0.2, -0.15) is 0 Å². The van der Waals surface area contributed by atoms with Crippen LogP contribution < -0.4 is 5.32 Å². The zero-order valence-corrected chi connectivity index (χ0v) is 18.7. The van der Waals surface area contributed by atoms with Crippen LogP contribution in [0.1, 0.15) is 32.3 Å². The van der Waals surface area contributed by atoms with Crippen molar-refractivity contribution < 1.29 is 23.8 Å². The van der Waals surface area contributed by atoms with Crippen molar-refractivity contribution in [3.8, 4) is 0 Å². The van der Waals surface area contributed by atoms with Crippen LogP contribution in [0.25, 0.3) is 0 Å². The molecule has 0 spiro atoms. The minimum atomic E-state index is -0.600. The van der Waals surface area contributed by atoms with E-state index in [0.717, 1.165) is 5.56 Å². The summed E-state index contributed by atoms with van der Waals surface area (Å²) in [5.74, 6) is -0.472. The Morgan fingerprint density at radius 2 is 2.00 bits per heavy atom. The molecule has 0 aromatic heterocycles. The molecule has 2 atom stereocenters. The molecular weight excluding hydrogens is 419 g/mol. The van der Waals surface area contributed by atoms with Crippen LogP contribution in [0.15, 0.2) is 18.2 Å². The summed E-state index contributed by atoms with van der Waals surface area (Å²) >= 11 is 12.3. The smallest absolute Gasteiger partial charge is 0.410 e. The van der Waals surface area contributed by atoms with Crippen molar-refractivity contribution >= 4 is 35.2 Å². The maximum absolute atomic E-state index is 12.6. The van der Waals surface area contributed by atoms with Crippen molar-refractivity contribution in [2.75, 3.05) is 40.0 Å². The van der Waals surface area contributed by atoms with Crippen LogP contribution in [-0.4, -0.2) is 68.6 Å². The molecule has 1 fully saturated rings. The number of carbonyl (C=O) groups is 2. The van der Waals surface area contributed by atoms with Gasteiger partial charge in [0.2, 0.25) is 5.91 Å². The molecule has 0 bridgehead atoms. The summed E-state index contributed by atoms with van der Waals surface area (Å²) in [5.41, 5.74) is 0.262. The number of carbonyl (C=O) groups excluding carboxylic acids is 2. The van der Waals surface area contributed by atoms with E-state index in [4.69, 9.17) is 37.4 Å². The summed E-state index contributed by atoms with van der Waals surface area (Å²) < 4.78 is 16.4. The van der Waals surface area contributed by atoms with E-state index in [1.54, 1.807) is 17.0 Å². The third-order valence-electron chi connectivity index (χ3n) is 4.36. The lowest BCUT2D eigenvalue weighted by molar-refractivity contribution is -0.125. The van der Waals surface area contributed by atoms with E-state index in [9.17, 15) is 9.59 Å². The first-order chi connectivity index (χ1) is 13.6. The normalized spacial score (nSPS) is 20.1. The standard InChI is InChI=1S/C20H28Cl2N2O5/c1-20(2,3)29-19(26)24-7-8-28-17(10-23-18(25)12-27-4)14(11-24)13-5-6-15(21)16(22)9-13/h5-6,9,14,17H,7-8,10-12H2,1-4H3,(H,23,25)/t14-,17+/m0/s1. The van der Waals surface area contributed by atoms with Crippen LogP contribution >= 0.6 is 23.2 Å². The number of benzene rings is 1. The molecule has 1 aliphatic rings. The van der Waals surface area contributed by atoms with E-state index in [2.05, 4.69) is 5.32 Å². The van der Waals surface area contributed by atoms with Gasteiger partial charge in [0.15, 0.2) is 0 Å². The minimum Gasteiger partial charge on any atom is -0.444 e. The van der Waals surface area contributed by atoms with Crippen LogP contribution in [0.5, 0.6) is 0 Å². The van der Waals surface area contributed by atoms with Gasteiger partial charge in [-0.05, 0) is 38.5 Å². The van der Waals surface area contributed by atoms with Gasteiger partial charge in [-0.1, -0.05) is 29.3 Å². The summed E-state index contributed by atoms with van der Waals surface area (Å²) in [4.78, 5) is 26.1. The van der Waals surface area contributed by atoms with Crippen LogP contribution in [0.4, 0.5) is 4.79 Å². The monoisotopic (exact) mass is 446 g/mol. The Labute approximate surface area is 181 Å². The highest BCUT2D eigenvalue weighted by molar-refractivity contribution is 6.42. The molecule has 7 nitrogen and oxygen atoms in total. The molecule has 2 rings (SSSR count). The second-order valence-corrected chi connectivity index (χ2v) is 8.67. The molecule has 1 saturated heterocycles. The number of ether oxygens (including phenoxy) is 3. The van der Waals surface area contributed by atoms with E-state index in [1.807, 2.05) is 26.8 Å². The van der Waals surface area contributed by atoms with E-state index in [1.165, 1.54) is 7.11 Å². The average molecular weight is 447 g/mol. The molecule has 0 saturated carbocycles. The summed E-state index contributed by atoms with van der Waals surface area (Å²) in [5, 5.41) is 3.67. The zero-order chi connectivity index (χ0) is 21.6. The van der Waals surface area contributed by atoms with Gasteiger partial charge in [0.25, 0.3) is 0 Å². The molecule has 1 aromatic carbocycles. The van der Waals surface area contributed by atoms with Crippen molar-refractivity contribution in [3.63, 3.8) is 0 Å².